The molecule has 0 nitrogen and oxygen atoms in total. The highest BCUT2D eigenvalue weighted by molar-refractivity contribution is 5.67. The second kappa shape index (κ2) is 6.39. The fourth-order valence-electron chi connectivity index (χ4n) is 2.57. The first-order chi connectivity index (χ1) is 8.81. The molecule has 0 fully saturated rings. The van der Waals surface area contributed by atoms with Crippen molar-refractivity contribution < 1.29 is 0 Å². The molecule has 0 aromatic heterocycles. The Kier molecular flexibility index (Phi) is 4.58. The van der Waals surface area contributed by atoms with Gasteiger partial charge in [-0.05, 0) is 29.0 Å². The molecule has 0 spiro atoms. The van der Waals surface area contributed by atoms with E-state index in [0.717, 1.165) is 5.92 Å². The molecular weight excluding hydrogens is 216 g/mol. The molecule has 1 atom stereocenters. The maximum Gasteiger partial charge on any atom is -0.0152 e. The molecule has 0 saturated carbocycles. The Hall–Kier alpha value is -1.56. The van der Waals surface area contributed by atoms with Crippen molar-refractivity contribution in [3.05, 3.63) is 60.2 Å². The Morgan fingerprint density at radius 3 is 2.28 bits per heavy atom. The van der Waals surface area contributed by atoms with E-state index in [0.29, 0.717) is 0 Å². The maximum atomic E-state index is 2.35. The zero-order chi connectivity index (χ0) is 12.8. The molecule has 0 radical (unpaired) electrons. The SMILES string of the molecule is CCCC(C)Cc1ccccc1-c1ccccc1. The number of benzene rings is 2. The molecule has 0 bridgehead atoms. The van der Waals surface area contributed by atoms with Crippen LogP contribution in [0.4, 0.5) is 0 Å². The fraction of sp³-hybridized carbons (Fsp3) is 0.333. The highest BCUT2D eigenvalue weighted by Crippen LogP contribution is 2.26. The summed E-state index contributed by atoms with van der Waals surface area (Å²) in [5, 5.41) is 0. The Labute approximate surface area is 111 Å². The van der Waals surface area contributed by atoms with Crippen molar-refractivity contribution in [2.75, 3.05) is 0 Å². The monoisotopic (exact) mass is 238 g/mol. The van der Waals surface area contributed by atoms with Crippen molar-refractivity contribution >= 4 is 0 Å². The van der Waals surface area contributed by atoms with Crippen molar-refractivity contribution in [3.63, 3.8) is 0 Å². The Morgan fingerprint density at radius 2 is 1.56 bits per heavy atom. The van der Waals surface area contributed by atoms with E-state index in [4.69, 9.17) is 0 Å². The Bertz CT molecular complexity index is 470. The zero-order valence-electron chi connectivity index (χ0n) is 11.4. The largest absolute Gasteiger partial charge is 0.0654 e. The van der Waals surface area contributed by atoms with Gasteiger partial charge in [0.2, 0.25) is 0 Å². The minimum atomic E-state index is 0.764. The Balaban J connectivity index is 2.26. The van der Waals surface area contributed by atoms with E-state index in [1.807, 2.05) is 0 Å². The average Bonchev–Trinajstić information content (AvgIpc) is 2.40. The minimum Gasteiger partial charge on any atom is -0.0654 e. The van der Waals surface area contributed by atoms with Gasteiger partial charge in [0.15, 0.2) is 0 Å². The summed E-state index contributed by atoms with van der Waals surface area (Å²) in [5.74, 6) is 0.764. The molecule has 0 heterocycles. The molecule has 0 amide bonds. The van der Waals surface area contributed by atoms with Gasteiger partial charge in [0.25, 0.3) is 0 Å². The molecule has 1 unspecified atom stereocenters. The van der Waals surface area contributed by atoms with Crippen LogP contribution < -0.4 is 0 Å². The predicted molar refractivity (Wildman–Crippen MR) is 79.7 cm³/mol. The van der Waals surface area contributed by atoms with Crippen LogP contribution in [-0.4, -0.2) is 0 Å². The summed E-state index contributed by atoms with van der Waals surface area (Å²) in [4.78, 5) is 0. The van der Waals surface area contributed by atoms with Gasteiger partial charge < -0.3 is 0 Å². The highest BCUT2D eigenvalue weighted by Gasteiger charge is 2.08. The lowest BCUT2D eigenvalue weighted by molar-refractivity contribution is 0.523. The van der Waals surface area contributed by atoms with Crippen LogP contribution in [0.5, 0.6) is 0 Å². The standard InChI is InChI=1S/C18H22/c1-3-9-15(2)14-17-12-7-8-13-18(17)16-10-5-4-6-11-16/h4-8,10-13,15H,3,9,14H2,1-2H3. The third-order valence-corrected chi connectivity index (χ3v) is 3.45. The van der Waals surface area contributed by atoms with Crippen LogP contribution in [0, 0.1) is 5.92 Å². The smallest absolute Gasteiger partial charge is 0.0152 e. The van der Waals surface area contributed by atoms with Crippen LogP contribution >= 0.6 is 0 Å². The normalized spacial score (nSPS) is 12.3. The average molecular weight is 238 g/mol. The molecule has 94 valence electrons. The van der Waals surface area contributed by atoms with Crippen molar-refractivity contribution in [1.29, 1.82) is 0 Å². The molecule has 0 heteroatoms. The van der Waals surface area contributed by atoms with E-state index < -0.39 is 0 Å². The van der Waals surface area contributed by atoms with Gasteiger partial charge in [-0.25, -0.2) is 0 Å². The lowest BCUT2D eigenvalue weighted by Crippen LogP contribution is -2.00. The lowest BCUT2D eigenvalue weighted by atomic mass is 9.91. The van der Waals surface area contributed by atoms with Crippen molar-refractivity contribution in [3.8, 4) is 11.1 Å². The molecular formula is C18H22. The number of rotatable bonds is 5. The minimum absolute atomic E-state index is 0.764. The third kappa shape index (κ3) is 3.22. The van der Waals surface area contributed by atoms with E-state index in [1.54, 1.807) is 0 Å². The molecule has 0 aliphatic rings. The van der Waals surface area contributed by atoms with E-state index in [1.165, 1.54) is 36.0 Å². The van der Waals surface area contributed by atoms with Crippen LogP contribution in [0.3, 0.4) is 0 Å². The molecule has 0 saturated heterocycles. The van der Waals surface area contributed by atoms with E-state index in [-0.39, 0.29) is 0 Å². The van der Waals surface area contributed by atoms with Crippen LogP contribution in [-0.2, 0) is 6.42 Å². The maximum absolute atomic E-state index is 2.35. The lowest BCUT2D eigenvalue weighted by Gasteiger charge is -2.14. The predicted octanol–water partition coefficient (Wildman–Crippen LogP) is 5.33. The molecule has 18 heavy (non-hydrogen) atoms. The van der Waals surface area contributed by atoms with Gasteiger partial charge in [0.1, 0.15) is 0 Å². The molecule has 2 rings (SSSR count). The first-order valence-electron chi connectivity index (χ1n) is 6.94. The van der Waals surface area contributed by atoms with E-state index in [2.05, 4.69) is 68.4 Å². The third-order valence-electron chi connectivity index (χ3n) is 3.45. The fourth-order valence-corrected chi connectivity index (χ4v) is 2.57. The summed E-state index contributed by atoms with van der Waals surface area (Å²) in [6.07, 6.45) is 3.76. The topological polar surface area (TPSA) is 0 Å². The first kappa shape index (κ1) is 12.9. The zero-order valence-corrected chi connectivity index (χ0v) is 11.4. The second-order valence-electron chi connectivity index (χ2n) is 5.12. The van der Waals surface area contributed by atoms with Gasteiger partial charge in [-0.2, -0.15) is 0 Å². The number of hydrogen-bond acceptors (Lipinski definition) is 0. The second-order valence-corrected chi connectivity index (χ2v) is 5.12. The number of hydrogen-bond donors (Lipinski definition) is 0. The summed E-state index contributed by atoms with van der Waals surface area (Å²) >= 11 is 0. The van der Waals surface area contributed by atoms with Gasteiger partial charge in [-0.15, -0.1) is 0 Å². The van der Waals surface area contributed by atoms with Crippen molar-refractivity contribution in [2.45, 2.75) is 33.1 Å². The first-order valence-corrected chi connectivity index (χ1v) is 6.94. The van der Waals surface area contributed by atoms with E-state index in [9.17, 15) is 0 Å². The van der Waals surface area contributed by atoms with Crippen molar-refractivity contribution in [2.24, 2.45) is 5.92 Å². The highest BCUT2D eigenvalue weighted by atomic mass is 14.1. The molecule has 2 aromatic rings. The van der Waals surface area contributed by atoms with Crippen LogP contribution in [0.25, 0.3) is 11.1 Å². The van der Waals surface area contributed by atoms with Gasteiger partial charge >= 0.3 is 0 Å². The summed E-state index contributed by atoms with van der Waals surface area (Å²) in [7, 11) is 0. The quantitative estimate of drug-likeness (QED) is 0.660. The van der Waals surface area contributed by atoms with E-state index >= 15 is 0 Å². The van der Waals surface area contributed by atoms with Gasteiger partial charge in [0, 0.05) is 0 Å². The Morgan fingerprint density at radius 1 is 0.889 bits per heavy atom. The van der Waals surface area contributed by atoms with Crippen molar-refractivity contribution in [1.82, 2.24) is 0 Å². The van der Waals surface area contributed by atoms with Gasteiger partial charge in [-0.3, -0.25) is 0 Å². The van der Waals surface area contributed by atoms with Gasteiger partial charge in [0.05, 0.1) is 0 Å². The summed E-state index contributed by atoms with van der Waals surface area (Å²) in [6, 6.07) is 19.5. The summed E-state index contributed by atoms with van der Waals surface area (Å²) < 4.78 is 0. The van der Waals surface area contributed by atoms with Gasteiger partial charge in [-0.1, -0.05) is 81.3 Å². The van der Waals surface area contributed by atoms with Crippen LogP contribution in [0.2, 0.25) is 0 Å². The molecule has 0 aliphatic heterocycles. The van der Waals surface area contributed by atoms with Crippen LogP contribution in [0.15, 0.2) is 54.6 Å². The molecule has 2 aromatic carbocycles. The van der Waals surface area contributed by atoms with Crippen LogP contribution in [0.1, 0.15) is 32.3 Å². The molecule has 0 N–H and O–H groups in total. The summed E-state index contributed by atoms with van der Waals surface area (Å²) in [6.45, 7) is 4.62. The molecule has 0 aliphatic carbocycles. The summed E-state index contributed by atoms with van der Waals surface area (Å²) in [5.41, 5.74) is 4.20.